The van der Waals surface area contributed by atoms with Crippen molar-refractivity contribution in [1.82, 2.24) is 9.97 Å². The molecule has 2 heterocycles. The molecular weight excluding hydrogens is 414 g/mol. The number of hydrogen-bond acceptors (Lipinski definition) is 5. The van der Waals surface area contributed by atoms with Crippen LogP contribution in [0.3, 0.4) is 0 Å². The number of rotatable bonds is 3. The van der Waals surface area contributed by atoms with Crippen LogP contribution in [0.5, 0.6) is 0 Å². The zero-order valence-electron chi connectivity index (χ0n) is 14.3. The molecule has 1 saturated heterocycles. The van der Waals surface area contributed by atoms with Crippen LogP contribution < -0.4 is 4.90 Å². The van der Waals surface area contributed by atoms with Crippen LogP contribution in [0, 0.1) is 0 Å². The van der Waals surface area contributed by atoms with Gasteiger partial charge in [0.15, 0.2) is 9.84 Å². The van der Waals surface area contributed by atoms with Gasteiger partial charge in [0, 0.05) is 22.7 Å². The maximum absolute atomic E-state index is 12.0. The average molecular weight is 432 g/mol. The largest absolute Gasteiger partial charge is 0.349 e. The van der Waals surface area contributed by atoms with Crippen LogP contribution in [0.4, 0.5) is 5.82 Å². The number of halogens is 1. The Kier molecular flexibility index (Phi) is 4.44. The zero-order valence-corrected chi connectivity index (χ0v) is 16.7. The van der Waals surface area contributed by atoms with E-state index in [1.807, 2.05) is 12.1 Å². The highest BCUT2D eigenvalue weighted by Crippen LogP contribution is 2.38. The Morgan fingerprint density at radius 1 is 1.15 bits per heavy atom. The normalized spacial score (nSPS) is 17.8. The van der Waals surface area contributed by atoms with Gasteiger partial charge in [-0.2, -0.15) is 0 Å². The first-order chi connectivity index (χ1) is 12.4. The Hall–Kier alpha value is -1.99. The summed E-state index contributed by atoms with van der Waals surface area (Å²) in [5.41, 5.74) is 1.98. The van der Waals surface area contributed by atoms with E-state index in [2.05, 4.69) is 42.9 Å². The third-order valence-electron chi connectivity index (χ3n) is 4.77. The first-order valence-electron chi connectivity index (χ1n) is 8.40. The molecular formula is C19H18BrN3O2S. The van der Waals surface area contributed by atoms with Crippen molar-refractivity contribution in [1.29, 1.82) is 0 Å². The van der Waals surface area contributed by atoms with Gasteiger partial charge in [0.1, 0.15) is 12.1 Å². The van der Waals surface area contributed by atoms with Crippen molar-refractivity contribution >= 4 is 42.5 Å². The van der Waals surface area contributed by atoms with Crippen LogP contribution >= 0.6 is 15.9 Å². The van der Waals surface area contributed by atoms with E-state index < -0.39 is 9.84 Å². The number of sulfone groups is 1. The summed E-state index contributed by atoms with van der Waals surface area (Å²) in [6.07, 6.45) is 4.87. The molecule has 1 unspecified atom stereocenters. The van der Waals surface area contributed by atoms with Crippen molar-refractivity contribution in [2.75, 3.05) is 17.7 Å². The van der Waals surface area contributed by atoms with Gasteiger partial charge in [0.25, 0.3) is 0 Å². The minimum absolute atomic E-state index is 0.215. The van der Waals surface area contributed by atoms with Gasteiger partial charge < -0.3 is 4.90 Å². The minimum Gasteiger partial charge on any atom is -0.349 e. The highest BCUT2D eigenvalue weighted by Gasteiger charge is 2.28. The summed E-state index contributed by atoms with van der Waals surface area (Å²) in [7, 11) is -3.29. The highest BCUT2D eigenvalue weighted by atomic mass is 79.9. The maximum atomic E-state index is 12.0. The van der Waals surface area contributed by atoms with Gasteiger partial charge in [-0.1, -0.05) is 28.1 Å². The lowest BCUT2D eigenvalue weighted by Gasteiger charge is -2.27. The summed E-state index contributed by atoms with van der Waals surface area (Å²) >= 11 is 3.55. The summed E-state index contributed by atoms with van der Waals surface area (Å²) in [6.45, 7) is 0.881. The van der Waals surface area contributed by atoms with E-state index in [1.165, 1.54) is 11.8 Å². The van der Waals surface area contributed by atoms with Crippen molar-refractivity contribution in [3.8, 4) is 0 Å². The third kappa shape index (κ3) is 3.21. The molecule has 0 spiro atoms. The van der Waals surface area contributed by atoms with E-state index in [9.17, 15) is 8.42 Å². The molecule has 3 aromatic rings. The predicted molar refractivity (Wildman–Crippen MR) is 106 cm³/mol. The molecule has 0 radical (unpaired) electrons. The van der Waals surface area contributed by atoms with Crippen LogP contribution in [0.15, 0.2) is 58.2 Å². The predicted octanol–water partition coefficient (Wildman–Crippen LogP) is 4.14. The second-order valence-electron chi connectivity index (χ2n) is 6.55. The Morgan fingerprint density at radius 2 is 2.00 bits per heavy atom. The van der Waals surface area contributed by atoms with Crippen LogP contribution in [-0.2, 0) is 9.84 Å². The van der Waals surface area contributed by atoms with E-state index >= 15 is 0 Å². The van der Waals surface area contributed by atoms with Gasteiger partial charge in [0.2, 0.25) is 0 Å². The number of benzene rings is 2. The minimum atomic E-state index is -3.29. The van der Waals surface area contributed by atoms with Crippen LogP contribution in [0.2, 0.25) is 0 Å². The summed E-state index contributed by atoms with van der Waals surface area (Å²) in [4.78, 5) is 11.4. The lowest BCUT2D eigenvalue weighted by Crippen LogP contribution is -2.24. The van der Waals surface area contributed by atoms with Gasteiger partial charge in [-0.15, -0.1) is 0 Å². The van der Waals surface area contributed by atoms with Gasteiger partial charge in [-0.25, -0.2) is 18.4 Å². The molecule has 0 bridgehead atoms. The lowest BCUT2D eigenvalue weighted by atomic mass is 10.0. The second kappa shape index (κ2) is 6.63. The van der Waals surface area contributed by atoms with Crippen LogP contribution in [0.25, 0.3) is 10.9 Å². The van der Waals surface area contributed by atoms with Crippen molar-refractivity contribution in [3.63, 3.8) is 0 Å². The topological polar surface area (TPSA) is 63.2 Å². The Bertz CT molecular complexity index is 1090. The fourth-order valence-electron chi connectivity index (χ4n) is 3.56. The smallest absolute Gasteiger partial charge is 0.175 e. The number of anilines is 1. The van der Waals surface area contributed by atoms with E-state index in [-0.39, 0.29) is 6.04 Å². The third-order valence-corrected chi connectivity index (χ3v) is 6.38. The molecule has 4 rings (SSSR count). The van der Waals surface area contributed by atoms with E-state index in [1.54, 1.807) is 24.5 Å². The average Bonchev–Trinajstić information content (AvgIpc) is 3.09. The van der Waals surface area contributed by atoms with E-state index in [4.69, 9.17) is 0 Å². The van der Waals surface area contributed by atoms with Gasteiger partial charge in [-0.05, 0) is 48.7 Å². The molecule has 0 N–H and O–H groups in total. The molecule has 1 atom stereocenters. The number of nitrogens with zero attached hydrogens (tertiary/aromatic N) is 3. The number of aromatic nitrogens is 2. The molecule has 1 aliphatic rings. The molecule has 0 amide bonds. The molecule has 1 aromatic heterocycles. The highest BCUT2D eigenvalue weighted by molar-refractivity contribution is 9.10. The summed E-state index contributed by atoms with van der Waals surface area (Å²) < 4.78 is 25.0. The first-order valence-corrected chi connectivity index (χ1v) is 11.1. The van der Waals surface area contributed by atoms with Crippen molar-refractivity contribution in [2.45, 2.75) is 23.8 Å². The number of fused-ring (bicyclic) bond motifs is 1. The Labute approximate surface area is 161 Å². The Balaban J connectivity index is 1.85. The standard InChI is InChI=1S/C19H18BrN3O2S/c1-26(24,25)15-7-8-17-16(11-15)19(22-12-21-17)23-9-3-6-18(23)13-4-2-5-14(20)10-13/h2,4-5,7-8,10-12,18H,3,6,9H2,1H3. The Morgan fingerprint density at radius 3 is 2.77 bits per heavy atom. The van der Waals surface area contributed by atoms with Gasteiger partial charge >= 0.3 is 0 Å². The second-order valence-corrected chi connectivity index (χ2v) is 9.49. The maximum Gasteiger partial charge on any atom is 0.175 e. The molecule has 2 aromatic carbocycles. The molecule has 1 fully saturated rings. The van der Waals surface area contributed by atoms with Crippen LogP contribution in [-0.4, -0.2) is 31.2 Å². The molecule has 1 aliphatic heterocycles. The molecule has 5 nitrogen and oxygen atoms in total. The molecule has 7 heteroatoms. The fourth-order valence-corrected chi connectivity index (χ4v) is 4.63. The molecule has 134 valence electrons. The van der Waals surface area contributed by atoms with Gasteiger partial charge in [-0.3, -0.25) is 0 Å². The number of hydrogen-bond donors (Lipinski definition) is 0. The zero-order chi connectivity index (χ0) is 18.3. The van der Waals surface area contributed by atoms with Gasteiger partial charge in [0.05, 0.1) is 16.5 Å². The molecule has 26 heavy (non-hydrogen) atoms. The van der Waals surface area contributed by atoms with Crippen LogP contribution in [0.1, 0.15) is 24.4 Å². The first kappa shape index (κ1) is 17.4. The van der Waals surface area contributed by atoms with Crippen molar-refractivity contribution in [3.05, 3.63) is 58.8 Å². The van der Waals surface area contributed by atoms with Crippen molar-refractivity contribution < 1.29 is 8.42 Å². The summed E-state index contributed by atoms with van der Waals surface area (Å²) in [5, 5.41) is 0.775. The monoisotopic (exact) mass is 431 g/mol. The summed E-state index contributed by atoms with van der Waals surface area (Å²) in [6, 6.07) is 13.6. The lowest BCUT2D eigenvalue weighted by molar-refractivity contribution is 0.602. The van der Waals surface area contributed by atoms with E-state index in [0.717, 1.165) is 40.6 Å². The molecule has 0 saturated carbocycles. The SMILES string of the molecule is CS(=O)(=O)c1ccc2ncnc(N3CCCC3c3cccc(Br)c3)c2c1. The fraction of sp³-hybridized carbons (Fsp3) is 0.263. The molecule has 0 aliphatic carbocycles. The quantitative estimate of drug-likeness (QED) is 0.623. The summed E-state index contributed by atoms with van der Waals surface area (Å²) in [5.74, 6) is 0.794. The van der Waals surface area contributed by atoms with E-state index in [0.29, 0.717) is 4.90 Å². The van der Waals surface area contributed by atoms with Crippen molar-refractivity contribution in [2.24, 2.45) is 0 Å².